The topological polar surface area (TPSA) is 53.0 Å². The highest BCUT2D eigenvalue weighted by Gasteiger charge is 2.30. The van der Waals surface area contributed by atoms with Gasteiger partial charge in [-0.2, -0.15) is 0 Å². The molecule has 6 heteroatoms. The highest BCUT2D eigenvalue weighted by molar-refractivity contribution is 6.61. The summed E-state index contributed by atoms with van der Waals surface area (Å²) in [5, 5.41) is 9.76. The molecule has 1 atom stereocenters. The van der Waals surface area contributed by atoms with E-state index < -0.39 is 7.12 Å². The van der Waals surface area contributed by atoms with E-state index in [1.165, 1.54) is 0 Å². The van der Waals surface area contributed by atoms with Gasteiger partial charge in [-0.05, 0) is 50.1 Å². The van der Waals surface area contributed by atoms with Gasteiger partial charge in [0.1, 0.15) is 0 Å². The van der Waals surface area contributed by atoms with Crippen LogP contribution in [0.15, 0.2) is 18.2 Å². The van der Waals surface area contributed by atoms with Crippen molar-refractivity contribution in [2.75, 3.05) is 27.2 Å². The zero-order valence-corrected chi connectivity index (χ0v) is 12.6. The molecule has 0 aliphatic carbocycles. The Hall–Kier alpha value is -1.37. The van der Waals surface area contributed by atoms with Crippen molar-refractivity contribution in [1.82, 2.24) is 9.80 Å². The second-order valence-electron chi connectivity index (χ2n) is 6.09. The van der Waals surface area contributed by atoms with E-state index in [1.54, 1.807) is 6.07 Å². The number of hydrogen-bond donors (Lipinski definition) is 1. The second kappa shape index (κ2) is 5.79. The fraction of sp³-hybridized carbons (Fsp3) is 0.533. The Labute approximate surface area is 125 Å². The Balaban J connectivity index is 1.78. The van der Waals surface area contributed by atoms with Crippen molar-refractivity contribution >= 4 is 18.5 Å². The van der Waals surface area contributed by atoms with Crippen molar-refractivity contribution < 1.29 is 14.5 Å². The molecule has 1 aromatic carbocycles. The van der Waals surface area contributed by atoms with E-state index in [0.717, 1.165) is 37.0 Å². The number of fused-ring (bicyclic) bond motifs is 1. The summed E-state index contributed by atoms with van der Waals surface area (Å²) in [6.45, 7) is 1.98. The lowest BCUT2D eigenvalue weighted by atomic mass is 9.78. The third-order valence-electron chi connectivity index (χ3n) is 4.47. The van der Waals surface area contributed by atoms with Gasteiger partial charge in [0.2, 0.25) is 0 Å². The van der Waals surface area contributed by atoms with Gasteiger partial charge in [-0.3, -0.25) is 4.79 Å². The summed E-state index contributed by atoms with van der Waals surface area (Å²) in [4.78, 5) is 16.8. The summed E-state index contributed by atoms with van der Waals surface area (Å²) in [6, 6.07) is 5.91. The van der Waals surface area contributed by atoms with Gasteiger partial charge >= 0.3 is 7.12 Å². The fourth-order valence-corrected chi connectivity index (χ4v) is 3.09. The zero-order chi connectivity index (χ0) is 15.0. The molecule has 1 fully saturated rings. The molecule has 2 aliphatic heterocycles. The van der Waals surface area contributed by atoms with E-state index in [9.17, 15) is 9.82 Å². The smallest absolute Gasteiger partial charge is 0.423 e. The molecule has 1 N–H and O–H groups in total. The number of piperidine rings is 1. The summed E-state index contributed by atoms with van der Waals surface area (Å²) >= 11 is 0. The van der Waals surface area contributed by atoms with Crippen molar-refractivity contribution in [2.45, 2.75) is 25.5 Å². The second-order valence-corrected chi connectivity index (χ2v) is 6.09. The molecule has 3 rings (SSSR count). The van der Waals surface area contributed by atoms with Gasteiger partial charge in [0.15, 0.2) is 0 Å². The van der Waals surface area contributed by atoms with Crippen molar-refractivity contribution in [1.29, 1.82) is 0 Å². The van der Waals surface area contributed by atoms with Crippen LogP contribution in [0.4, 0.5) is 0 Å². The van der Waals surface area contributed by atoms with Gasteiger partial charge in [0.25, 0.3) is 5.91 Å². The summed E-state index contributed by atoms with van der Waals surface area (Å²) < 4.78 is 5.18. The standard InChI is InChI=1S/C15H21BN2O3/c1-17(2)13-4-3-7-18(9-13)15(19)11-5-6-12-10-21-16(20)14(12)8-11/h5-6,8,13,20H,3-4,7,9-10H2,1-2H3. The molecule has 2 aliphatic rings. The Kier molecular flexibility index (Phi) is 4.02. The van der Waals surface area contributed by atoms with Crippen LogP contribution in [0.1, 0.15) is 28.8 Å². The van der Waals surface area contributed by atoms with Gasteiger partial charge in [-0.15, -0.1) is 0 Å². The lowest BCUT2D eigenvalue weighted by Gasteiger charge is -2.36. The lowest BCUT2D eigenvalue weighted by Crippen LogP contribution is -2.47. The largest absolute Gasteiger partial charge is 0.491 e. The molecule has 0 aromatic heterocycles. The van der Waals surface area contributed by atoms with E-state index in [0.29, 0.717) is 18.2 Å². The third-order valence-corrected chi connectivity index (χ3v) is 4.47. The van der Waals surface area contributed by atoms with Crippen LogP contribution >= 0.6 is 0 Å². The number of likely N-dealkylation sites (N-methyl/N-ethyl adjacent to an activating group) is 1. The van der Waals surface area contributed by atoms with E-state index in [1.807, 2.05) is 17.0 Å². The minimum absolute atomic E-state index is 0.0449. The fourth-order valence-electron chi connectivity index (χ4n) is 3.09. The minimum Gasteiger partial charge on any atom is -0.423 e. The number of hydrogen-bond acceptors (Lipinski definition) is 4. The zero-order valence-electron chi connectivity index (χ0n) is 12.6. The van der Waals surface area contributed by atoms with Crippen LogP contribution in [-0.2, 0) is 11.3 Å². The first-order valence-corrected chi connectivity index (χ1v) is 7.44. The van der Waals surface area contributed by atoms with Crippen LogP contribution in [0, 0.1) is 0 Å². The Morgan fingerprint density at radius 3 is 3.05 bits per heavy atom. The number of amides is 1. The number of carbonyl (C=O) groups is 1. The molecule has 0 saturated carbocycles. The Morgan fingerprint density at radius 2 is 2.29 bits per heavy atom. The summed E-state index contributed by atoms with van der Waals surface area (Å²) in [7, 11) is 3.22. The van der Waals surface area contributed by atoms with E-state index in [2.05, 4.69) is 19.0 Å². The molecule has 0 radical (unpaired) electrons. The predicted molar refractivity (Wildman–Crippen MR) is 81.5 cm³/mol. The predicted octanol–water partition coefficient (Wildman–Crippen LogP) is 0.0705. The molecule has 1 aromatic rings. The number of benzene rings is 1. The van der Waals surface area contributed by atoms with Crippen molar-refractivity contribution in [2.24, 2.45) is 0 Å². The van der Waals surface area contributed by atoms with E-state index in [4.69, 9.17) is 4.65 Å². The molecule has 0 bridgehead atoms. The van der Waals surface area contributed by atoms with Crippen LogP contribution in [-0.4, -0.2) is 61.1 Å². The first kappa shape index (κ1) is 14.6. The molecule has 5 nitrogen and oxygen atoms in total. The molecule has 0 spiro atoms. The van der Waals surface area contributed by atoms with Gasteiger partial charge < -0.3 is 19.5 Å². The lowest BCUT2D eigenvalue weighted by molar-refractivity contribution is 0.0635. The van der Waals surface area contributed by atoms with Gasteiger partial charge in [0, 0.05) is 24.7 Å². The maximum atomic E-state index is 12.7. The molecule has 2 heterocycles. The number of carbonyl (C=O) groups excluding carboxylic acids is 1. The van der Waals surface area contributed by atoms with Gasteiger partial charge in [0.05, 0.1) is 6.61 Å². The van der Waals surface area contributed by atoms with Crippen LogP contribution in [0.3, 0.4) is 0 Å². The van der Waals surface area contributed by atoms with Crippen molar-refractivity contribution in [3.05, 3.63) is 29.3 Å². The molecule has 112 valence electrons. The first-order chi connectivity index (χ1) is 10.1. The van der Waals surface area contributed by atoms with Crippen LogP contribution in [0.2, 0.25) is 0 Å². The minimum atomic E-state index is -0.899. The molecular formula is C15H21BN2O3. The highest BCUT2D eigenvalue weighted by Crippen LogP contribution is 2.18. The van der Waals surface area contributed by atoms with Crippen molar-refractivity contribution in [3.63, 3.8) is 0 Å². The maximum Gasteiger partial charge on any atom is 0.491 e. The van der Waals surface area contributed by atoms with Crippen LogP contribution < -0.4 is 5.46 Å². The summed E-state index contributed by atoms with van der Waals surface area (Å²) in [5.74, 6) is 0.0449. The first-order valence-electron chi connectivity index (χ1n) is 7.44. The van der Waals surface area contributed by atoms with Gasteiger partial charge in [-0.25, -0.2) is 0 Å². The number of nitrogens with zero attached hydrogens (tertiary/aromatic N) is 2. The highest BCUT2D eigenvalue weighted by atomic mass is 16.5. The Morgan fingerprint density at radius 1 is 1.48 bits per heavy atom. The van der Waals surface area contributed by atoms with E-state index >= 15 is 0 Å². The van der Waals surface area contributed by atoms with E-state index in [-0.39, 0.29) is 5.91 Å². The monoisotopic (exact) mass is 288 g/mol. The SMILES string of the molecule is CN(C)C1CCCN(C(=O)c2ccc3c(c2)B(O)OC3)C1. The molecular weight excluding hydrogens is 267 g/mol. The quantitative estimate of drug-likeness (QED) is 0.783. The molecule has 1 saturated heterocycles. The molecule has 1 amide bonds. The normalized spacial score (nSPS) is 21.8. The molecule has 1 unspecified atom stereocenters. The van der Waals surface area contributed by atoms with Crippen LogP contribution in [0.25, 0.3) is 0 Å². The average molecular weight is 288 g/mol. The summed E-state index contributed by atoms with van der Waals surface area (Å²) in [5.41, 5.74) is 2.32. The Bertz CT molecular complexity index is 550. The maximum absolute atomic E-state index is 12.7. The van der Waals surface area contributed by atoms with Gasteiger partial charge in [-0.1, -0.05) is 6.07 Å². The number of likely N-dealkylation sites (tertiary alicyclic amines) is 1. The molecule has 21 heavy (non-hydrogen) atoms. The van der Waals surface area contributed by atoms with Crippen molar-refractivity contribution in [3.8, 4) is 0 Å². The number of rotatable bonds is 2. The van der Waals surface area contributed by atoms with Crippen LogP contribution in [0.5, 0.6) is 0 Å². The average Bonchev–Trinajstić information content (AvgIpc) is 2.87. The third kappa shape index (κ3) is 2.84. The summed E-state index contributed by atoms with van der Waals surface area (Å²) in [6.07, 6.45) is 2.17.